The number of methoxy groups -OCH3 is 2. The standard InChI is InChI=1S/C30H36BrO6P/c1-32-26-14-10-24(11-15-26)30(23-8-5-4-6-9-23,25-12-16-27(33-2)17-13-25)35-22-29-28(18-21-34-29)37-38(3)36-20-7-19-31/h4-6,8-17,28-29H,7,18-22H2,1-3H3/t28-,29-,38?/m1/s1/i21T/t21?,28-,29-,38?. The first-order chi connectivity index (χ1) is 19.0. The summed E-state index contributed by atoms with van der Waals surface area (Å²) < 4.78 is 44.2. The molecule has 2 unspecified atom stereocenters. The van der Waals surface area contributed by atoms with E-state index >= 15 is 0 Å². The molecule has 38 heavy (non-hydrogen) atoms. The summed E-state index contributed by atoms with van der Waals surface area (Å²) in [7, 11) is 2.21. The zero-order chi connectivity index (χ0) is 27.7. The minimum absolute atomic E-state index is 0.220. The van der Waals surface area contributed by atoms with E-state index in [1.165, 1.54) is 0 Å². The second-order valence-corrected chi connectivity index (χ2v) is 11.0. The van der Waals surface area contributed by atoms with Crippen molar-refractivity contribution < 1.29 is 29.4 Å². The molecular weight excluding hydrogens is 567 g/mol. The highest BCUT2D eigenvalue weighted by molar-refractivity contribution is 9.09. The van der Waals surface area contributed by atoms with E-state index < -0.39 is 26.7 Å². The number of ether oxygens (including phenoxy) is 4. The molecule has 0 amide bonds. The maximum atomic E-state index is 8.30. The molecule has 0 saturated carbocycles. The average Bonchev–Trinajstić information content (AvgIpc) is 3.33. The van der Waals surface area contributed by atoms with Gasteiger partial charge in [-0.1, -0.05) is 70.5 Å². The van der Waals surface area contributed by atoms with Gasteiger partial charge in [-0.15, -0.1) is 0 Å². The fraction of sp³-hybridized carbons (Fsp3) is 0.400. The van der Waals surface area contributed by atoms with E-state index in [2.05, 4.69) is 28.1 Å². The van der Waals surface area contributed by atoms with E-state index in [0.29, 0.717) is 13.0 Å². The molecule has 6 nitrogen and oxygen atoms in total. The zero-order valence-corrected chi connectivity index (χ0v) is 24.5. The molecule has 3 aromatic rings. The summed E-state index contributed by atoms with van der Waals surface area (Å²) in [5.74, 6) is 1.52. The van der Waals surface area contributed by atoms with Gasteiger partial charge in [0.05, 0.1) is 34.9 Å². The van der Waals surface area contributed by atoms with E-state index in [1.54, 1.807) is 14.2 Å². The zero-order valence-electron chi connectivity index (χ0n) is 23.0. The molecule has 0 spiro atoms. The molecule has 204 valence electrons. The van der Waals surface area contributed by atoms with Crippen LogP contribution in [0.5, 0.6) is 11.5 Å². The fourth-order valence-corrected chi connectivity index (χ4v) is 5.80. The third kappa shape index (κ3) is 6.95. The predicted molar refractivity (Wildman–Crippen MR) is 155 cm³/mol. The molecule has 3 aromatic carbocycles. The van der Waals surface area contributed by atoms with Gasteiger partial charge in [0.1, 0.15) is 23.2 Å². The summed E-state index contributed by atoms with van der Waals surface area (Å²) in [5.41, 5.74) is 1.88. The van der Waals surface area contributed by atoms with Gasteiger partial charge in [-0.05, 0) is 47.4 Å². The van der Waals surface area contributed by atoms with Crippen molar-refractivity contribution in [3.63, 3.8) is 0 Å². The van der Waals surface area contributed by atoms with Crippen LogP contribution in [0.15, 0.2) is 78.9 Å². The summed E-state index contributed by atoms with van der Waals surface area (Å²) in [4.78, 5) is 0. The summed E-state index contributed by atoms with van der Waals surface area (Å²) in [6, 6.07) is 26.0. The molecule has 8 heteroatoms. The van der Waals surface area contributed by atoms with Crippen LogP contribution < -0.4 is 9.47 Å². The molecule has 4 rings (SSSR count). The topological polar surface area (TPSA) is 55.4 Å². The molecule has 1 fully saturated rings. The lowest BCUT2D eigenvalue weighted by atomic mass is 9.80. The van der Waals surface area contributed by atoms with Crippen molar-refractivity contribution >= 4 is 24.3 Å². The highest BCUT2D eigenvalue weighted by Crippen LogP contribution is 2.43. The maximum Gasteiger partial charge on any atom is 0.167 e. The molecule has 1 heterocycles. The Hall–Kier alpha value is -1.99. The van der Waals surface area contributed by atoms with Gasteiger partial charge in [-0.25, -0.2) is 0 Å². The van der Waals surface area contributed by atoms with E-state index in [4.69, 9.17) is 29.4 Å². The molecule has 0 bridgehead atoms. The third-order valence-corrected chi connectivity index (χ3v) is 8.16. The van der Waals surface area contributed by atoms with Gasteiger partial charge >= 0.3 is 0 Å². The molecule has 4 atom stereocenters. The monoisotopic (exact) mass is 604 g/mol. The predicted octanol–water partition coefficient (Wildman–Crippen LogP) is 6.93. The summed E-state index contributed by atoms with van der Waals surface area (Å²) in [6.07, 6.45) is 0.657. The number of halogens is 1. The Morgan fingerprint density at radius 1 is 0.921 bits per heavy atom. The third-order valence-electron chi connectivity index (χ3n) is 6.49. The van der Waals surface area contributed by atoms with Crippen molar-refractivity contribution in [2.45, 2.75) is 30.7 Å². The smallest absolute Gasteiger partial charge is 0.167 e. The fourth-order valence-electron chi connectivity index (χ4n) is 4.52. The van der Waals surface area contributed by atoms with Crippen LogP contribution in [0, 0.1) is 0 Å². The van der Waals surface area contributed by atoms with Crippen LogP contribution in [-0.4, -0.2) is 58.2 Å². The Balaban J connectivity index is 1.69. The Bertz CT molecular complexity index is 1090. The largest absolute Gasteiger partial charge is 0.497 e. The minimum atomic E-state index is -1.10. The average molecular weight is 605 g/mol. The molecule has 1 aliphatic rings. The van der Waals surface area contributed by atoms with E-state index in [9.17, 15) is 0 Å². The number of rotatable bonds is 14. The van der Waals surface area contributed by atoms with Crippen molar-refractivity contribution in [1.82, 2.24) is 0 Å². The van der Waals surface area contributed by atoms with Crippen LogP contribution in [0.4, 0.5) is 0 Å². The van der Waals surface area contributed by atoms with E-state index in [-0.39, 0.29) is 12.7 Å². The van der Waals surface area contributed by atoms with Crippen LogP contribution >= 0.6 is 24.3 Å². The van der Waals surface area contributed by atoms with Crippen molar-refractivity contribution in [1.29, 1.82) is 0 Å². The first-order valence-corrected chi connectivity index (χ1v) is 15.4. The Morgan fingerprint density at radius 2 is 1.50 bits per heavy atom. The normalized spacial score (nSPS) is 20.6. The van der Waals surface area contributed by atoms with Crippen LogP contribution in [-0.2, 0) is 24.1 Å². The van der Waals surface area contributed by atoms with Gasteiger partial charge in [0.2, 0.25) is 0 Å². The second-order valence-electron chi connectivity index (χ2n) is 8.85. The number of benzene rings is 3. The van der Waals surface area contributed by atoms with Gasteiger partial charge in [0.25, 0.3) is 0 Å². The Labute approximate surface area is 237 Å². The number of hydrogen-bond donors (Lipinski definition) is 0. The lowest BCUT2D eigenvalue weighted by molar-refractivity contribution is -0.0658. The van der Waals surface area contributed by atoms with Crippen LogP contribution in [0.1, 0.15) is 30.9 Å². The molecular formula is C30H36BrO6P. The van der Waals surface area contributed by atoms with Gasteiger partial charge in [-0.3, -0.25) is 0 Å². The van der Waals surface area contributed by atoms with E-state index in [1.807, 2.05) is 73.4 Å². The summed E-state index contributed by atoms with van der Waals surface area (Å²) in [5, 5.41) is 0.881. The molecule has 0 radical (unpaired) electrons. The van der Waals surface area contributed by atoms with Gasteiger partial charge in [-0.2, -0.15) is 0 Å². The van der Waals surface area contributed by atoms with Crippen molar-refractivity contribution in [3.05, 3.63) is 95.6 Å². The highest BCUT2D eigenvalue weighted by atomic mass is 79.9. The lowest BCUT2D eigenvalue weighted by Crippen LogP contribution is -2.38. The molecule has 1 aliphatic heterocycles. The minimum Gasteiger partial charge on any atom is -0.497 e. The first kappa shape index (κ1) is 27.6. The number of alkyl halides is 1. The maximum absolute atomic E-state index is 8.30. The Morgan fingerprint density at radius 3 is 2.05 bits per heavy atom. The molecule has 0 aromatic heterocycles. The molecule has 0 N–H and O–H groups in total. The molecule has 0 aliphatic carbocycles. The highest BCUT2D eigenvalue weighted by Gasteiger charge is 2.40. The second kappa shape index (κ2) is 14.4. The quantitative estimate of drug-likeness (QED) is 0.0860. The van der Waals surface area contributed by atoms with E-state index in [0.717, 1.165) is 39.9 Å². The summed E-state index contributed by atoms with van der Waals surface area (Å²) >= 11 is 3.43. The number of hydrogen-bond acceptors (Lipinski definition) is 6. The first-order valence-electron chi connectivity index (χ1n) is 13.2. The molecule has 1 saturated heterocycles. The van der Waals surface area contributed by atoms with Gasteiger partial charge < -0.3 is 28.0 Å². The van der Waals surface area contributed by atoms with Crippen molar-refractivity contribution in [2.24, 2.45) is 0 Å². The SMILES string of the molecule is [3H]C1C[C@@H](OP(C)OCCCBr)[C@@H](COC(c2ccccc2)(c2ccc(OC)cc2)c2ccc(OC)cc2)O1. The summed E-state index contributed by atoms with van der Waals surface area (Å²) in [6.45, 7) is 2.11. The van der Waals surface area contributed by atoms with Crippen LogP contribution in [0.2, 0.25) is 0 Å². The van der Waals surface area contributed by atoms with Crippen molar-refractivity contribution in [3.8, 4) is 11.5 Å². The van der Waals surface area contributed by atoms with Crippen LogP contribution in [0.25, 0.3) is 0 Å². The lowest BCUT2D eigenvalue weighted by Gasteiger charge is -2.37. The Kier molecular flexibility index (Phi) is 10.5. The van der Waals surface area contributed by atoms with Gasteiger partial charge in [0, 0.05) is 25.0 Å². The van der Waals surface area contributed by atoms with Gasteiger partial charge in [0.15, 0.2) is 8.38 Å². The van der Waals surface area contributed by atoms with Crippen LogP contribution in [0.3, 0.4) is 0 Å². The van der Waals surface area contributed by atoms with Crippen molar-refractivity contribution in [2.75, 3.05) is 46.0 Å².